The van der Waals surface area contributed by atoms with Crippen molar-refractivity contribution in [1.29, 1.82) is 0 Å². The van der Waals surface area contributed by atoms with E-state index in [0.29, 0.717) is 17.2 Å². The number of rotatable bonds is 5. The summed E-state index contributed by atoms with van der Waals surface area (Å²) in [6.07, 6.45) is 0. The summed E-state index contributed by atoms with van der Waals surface area (Å²) in [5, 5.41) is 2.83. The van der Waals surface area contributed by atoms with Crippen molar-refractivity contribution in [1.82, 2.24) is 10.9 Å². The second-order valence-corrected chi connectivity index (χ2v) is 5.54. The first-order valence-corrected chi connectivity index (χ1v) is 7.84. The fraction of sp³-hybridized carbons (Fsp3) is 0.125. The normalized spacial score (nSPS) is 9.88. The van der Waals surface area contributed by atoms with E-state index in [1.54, 1.807) is 31.4 Å². The second kappa shape index (κ2) is 9.05. The quantitative estimate of drug-likeness (QED) is 0.544. The van der Waals surface area contributed by atoms with Gasteiger partial charge in [0.25, 0.3) is 5.91 Å². The topological polar surface area (TPSA) is 71.6 Å². The van der Waals surface area contributed by atoms with E-state index in [1.165, 1.54) is 18.2 Å². The maximum Gasteiger partial charge on any atom is 0.276 e. The van der Waals surface area contributed by atoms with Gasteiger partial charge in [0.2, 0.25) is 0 Å². The van der Waals surface area contributed by atoms with Gasteiger partial charge in [-0.15, -0.1) is 0 Å². The number of nitrogens with one attached hydrogen (secondary N) is 3. The van der Waals surface area contributed by atoms with Crippen molar-refractivity contribution in [2.24, 2.45) is 0 Å². The van der Waals surface area contributed by atoms with Gasteiger partial charge in [-0.3, -0.25) is 15.6 Å². The van der Waals surface area contributed by atoms with Gasteiger partial charge in [-0.1, -0.05) is 11.6 Å². The summed E-state index contributed by atoms with van der Waals surface area (Å²) in [7, 11) is 1.56. The molecule has 0 aromatic heterocycles. The van der Waals surface area contributed by atoms with Gasteiger partial charge in [-0.2, -0.15) is 0 Å². The highest BCUT2D eigenvalue weighted by Crippen LogP contribution is 2.19. The Morgan fingerprint density at radius 1 is 1.16 bits per heavy atom. The number of ether oxygens (including phenoxy) is 2. The monoisotopic (exact) mass is 383 g/mol. The third kappa shape index (κ3) is 6.09. The summed E-state index contributed by atoms with van der Waals surface area (Å²) in [4.78, 5) is 11.7. The number of hydrogen-bond acceptors (Lipinski definition) is 4. The molecule has 0 bridgehead atoms. The summed E-state index contributed by atoms with van der Waals surface area (Å²) >= 11 is 10.7. The standard InChI is InChI=1S/C16H15ClFN3O3S/c1-23-11-3-5-12(6-4-11)24-9-15(22)20-21-16(25)19-10-2-7-14(18)13(17)8-10/h2-8H,9H2,1H3,(H,20,22)(H2,19,21,25). The number of hydrazine groups is 1. The van der Waals surface area contributed by atoms with Crippen LogP contribution in [-0.4, -0.2) is 24.7 Å². The number of halogens is 2. The first-order valence-electron chi connectivity index (χ1n) is 7.05. The molecule has 0 spiro atoms. The molecule has 0 saturated carbocycles. The van der Waals surface area contributed by atoms with Gasteiger partial charge in [-0.25, -0.2) is 4.39 Å². The summed E-state index contributed by atoms with van der Waals surface area (Å²) in [6, 6.07) is 10.8. The lowest BCUT2D eigenvalue weighted by Gasteiger charge is -2.12. The first kappa shape index (κ1) is 18.8. The fourth-order valence-corrected chi connectivity index (χ4v) is 2.07. The molecule has 0 aliphatic carbocycles. The predicted molar refractivity (Wildman–Crippen MR) is 97.4 cm³/mol. The van der Waals surface area contributed by atoms with Crippen molar-refractivity contribution in [2.45, 2.75) is 0 Å². The van der Waals surface area contributed by atoms with Gasteiger partial charge in [0.15, 0.2) is 11.7 Å². The molecule has 0 atom stereocenters. The first-order chi connectivity index (χ1) is 12.0. The molecule has 132 valence electrons. The minimum Gasteiger partial charge on any atom is -0.497 e. The number of thiocarbonyl (C=S) groups is 1. The van der Waals surface area contributed by atoms with Crippen molar-refractivity contribution >= 4 is 40.5 Å². The van der Waals surface area contributed by atoms with Gasteiger partial charge >= 0.3 is 0 Å². The number of carbonyl (C=O) groups is 1. The zero-order chi connectivity index (χ0) is 18.2. The molecule has 0 aliphatic rings. The van der Waals surface area contributed by atoms with E-state index in [-0.39, 0.29) is 16.7 Å². The van der Waals surface area contributed by atoms with Crippen LogP contribution in [0.5, 0.6) is 11.5 Å². The Hall–Kier alpha value is -2.58. The third-order valence-corrected chi connectivity index (χ3v) is 3.42. The average Bonchev–Trinajstić information content (AvgIpc) is 2.61. The van der Waals surface area contributed by atoms with E-state index in [9.17, 15) is 9.18 Å². The molecule has 0 radical (unpaired) electrons. The Bertz CT molecular complexity index is 759. The summed E-state index contributed by atoms with van der Waals surface area (Å²) in [6.45, 7) is -0.204. The van der Waals surface area contributed by atoms with Crippen LogP contribution in [0.25, 0.3) is 0 Å². The van der Waals surface area contributed by atoms with Crippen molar-refractivity contribution in [3.63, 3.8) is 0 Å². The van der Waals surface area contributed by atoms with Crippen LogP contribution in [0.3, 0.4) is 0 Å². The maximum atomic E-state index is 13.1. The van der Waals surface area contributed by atoms with Crippen LogP contribution >= 0.6 is 23.8 Å². The van der Waals surface area contributed by atoms with E-state index in [0.717, 1.165) is 0 Å². The van der Waals surface area contributed by atoms with Gasteiger partial charge in [0.1, 0.15) is 17.3 Å². The molecule has 0 fully saturated rings. The predicted octanol–water partition coefficient (Wildman–Crippen LogP) is 2.88. The fourth-order valence-electron chi connectivity index (χ4n) is 1.72. The third-order valence-electron chi connectivity index (χ3n) is 2.92. The Morgan fingerprint density at radius 2 is 1.84 bits per heavy atom. The Labute approximate surface area is 154 Å². The van der Waals surface area contributed by atoms with E-state index in [2.05, 4.69) is 16.2 Å². The lowest BCUT2D eigenvalue weighted by atomic mass is 10.3. The average molecular weight is 384 g/mol. The van der Waals surface area contributed by atoms with E-state index in [4.69, 9.17) is 33.3 Å². The Kier molecular flexibility index (Phi) is 6.79. The molecule has 0 unspecified atom stereocenters. The number of amides is 1. The zero-order valence-corrected chi connectivity index (χ0v) is 14.7. The molecule has 0 saturated heterocycles. The largest absolute Gasteiger partial charge is 0.497 e. The molecule has 25 heavy (non-hydrogen) atoms. The number of benzene rings is 2. The zero-order valence-electron chi connectivity index (χ0n) is 13.1. The highest BCUT2D eigenvalue weighted by Gasteiger charge is 2.05. The van der Waals surface area contributed by atoms with Crippen molar-refractivity contribution in [2.75, 3.05) is 19.0 Å². The Morgan fingerprint density at radius 3 is 2.48 bits per heavy atom. The second-order valence-electron chi connectivity index (χ2n) is 4.72. The number of hydrogen-bond donors (Lipinski definition) is 3. The van der Waals surface area contributed by atoms with Gasteiger partial charge in [0, 0.05) is 5.69 Å². The smallest absolute Gasteiger partial charge is 0.276 e. The molecule has 6 nitrogen and oxygen atoms in total. The van der Waals surface area contributed by atoms with Gasteiger partial charge < -0.3 is 14.8 Å². The molecule has 2 aromatic rings. The summed E-state index contributed by atoms with van der Waals surface area (Å²) < 4.78 is 23.4. The van der Waals surface area contributed by atoms with Crippen LogP contribution in [0.1, 0.15) is 0 Å². The highest BCUT2D eigenvalue weighted by molar-refractivity contribution is 7.80. The molecule has 3 N–H and O–H groups in total. The molecule has 9 heteroatoms. The van der Waals surface area contributed by atoms with Crippen LogP contribution in [-0.2, 0) is 4.79 Å². The SMILES string of the molecule is COc1ccc(OCC(=O)NNC(=S)Nc2ccc(F)c(Cl)c2)cc1. The van der Waals surface area contributed by atoms with Crippen LogP contribution in [0, 0.1) is 5.82 Å². The van der Waals surface area contributed by atoms with E-state index in [1.807, 2.05) is 0 Å². The van der Waals surface area contributed by atoms with Gasteiger partial charge in [-0.05, 0) is 54.7 Å². The number of methoxy groups -OCH3 is 1. The Balaban J connectivity index is 1.73. The lowest BCUT2D eigenvalue weighted by molar-refractivity contribution is -0.123. The molecular formula is C16H15ClFN3O3S. The minimum atomic E-state index is -0.532. The molecule has 1 amide bonds. The minimum absolute atomic E-state index is 0.0373. The van der Waals surface area contributed by atoms with Crippen molar-refractivity contribution in [3.8, 4) is 11.5 Å². The van der Waals surface area contributed by atoms with Crippen molar-refractivity contribution < 1.29 is 18.7 Å². The lowest BCUT2D eigenvalue weighted by Crippen LogP contribution is -2.45. The molecule has 0 heterocycles. The molecule has 2 aromatic carbocycles. The number of carbonyl (C=O) groups excluding carboxylic acids is 1. The summed E-state index contributed by atoms with van der Waals surface area (Å²) in [5.41, 5.74) is 5.35. The van der Waals surface area contributed by atoms with Crippen LogP contribution in [0.4, 0.5) is 10.1 Å². The number of anilines is 1. The maximum absolute atomic E-state index is 13.1. The van der Waals surface area contributed by atoms with E-state index < -0.39 is 11.7 Å². The molecule has 0 aliphatic heterocycles. The highest BCUT2D eigenvalue weighted by atomic mass is 35.5. The summed E-state index contributed by atoms with van der Waals surface area (Å²) in [5.74, 6) is 0.251. The van der Waals surface area contributed by atoms with Crippen LogP contribution in [0.15, 0.2) is 42.5 Å². The molecule has 2 rings (SSSR count). The van der Waals surface area contributed by atoms with Gasteiger partial charge in [0.05, 0.1) is 12.1 Å². The van der Waals surface area contributed by atoms with Crippen molar-refractivity contribution in [3.05, 3.63) is 53.3 Å². The van der Waals surface area contributed by atoms with Crippen LogP contribution < -0.4 is 25.6 Å². The van der Waals surface area contributed by atoms with E-state index >= 15 is 0 Å². The van der Waals surface area contributed by atoms with Crippen LogP contribution in [0.2, 0.25) is 5.02 Å². The molecular weight excluding hydrogens is 369 g/mol.